The Labute approximate surface area is 177 Å². The van der Waals surface area contributed by atoms with Gasteiger partial charge in [0.2, 0.25) is 0 Å². The molecule has 4 bridgehead atoms. The minimum Gasteiger partial charge on any atom is -0.311 e. The van der Waals surface area contributed by atoms with E-state index in [-0.39, 0.29) is 23.4 Å². The Kier molecular flexibility index (Phi) is 6.56. The number of rotatable bonds is 6. The van der Waals surface area contributed by atoms with Gasteiger partial charge in [-0.25, -0.2) is 0 Å². The Hall–Kier alpha value is 0.0700. The van der Waals surface area contributed by atoms with Gasteiger partial charge in [0.25, 0.3) is 0 Å². The molecule has 0 aliphatic heterocycles. The normalized spacial score (nSPS) is 33.0. The molecule has 4 fully saturated rings. The number of nitrogens with one attached hydrogen (secondary N) is 1. The molecule has 0 heterocycles. The molecule has 0 radical (unpaired) electrons. The molecule has 0 spiro atoms. The summed E-state index contributed by atoms with van der Waals surface area (Å²) < 4.78 is 0. The van der Waals surface area contributed by atoms with E-state index in [1.165, 1.54) is 38.5 Å². The molecule has 2 nitrogen and oxygen atoms in total. The average Bonchev–Trinajstić information content (AvgIpc) is 2.52. The molecule has 0 amide bonds. The Bertz CT molecular complexity index is 646. The summed E-state index contributed by atoms with van der Waals surface area (Å²) in [5, 5.41) is 4.92. The van der Waals surface area contributed by atoms with Crippen molar-refractivity contribution < 1.29 is 4.79 Å². The third-order valence-corrected chi connectivity index (χ3v) is 7.52. The molecule has 6 heteroatoms. The number of carbonyl (C=O) groups excluding carboxylic acids is 1. The van der Waals surface area contributed by atoms with Crippen LogP contribution in [0, 0.1) is 17.8 Å². The van der Waals surface area contributed by atoms with Crippen LogP contribution in [0.25, 0.3) is 0 Å². The lowest BCUT2D eigenvalue weighted by atomic mass is 9.53. The minimum atomic E-state index is -0.0802. The number of benzene rings is 1. The lowest BCUT2D eigenvalue weighted by Gasteiger charge is -2.57. The van der Waals surface area contributed by atoms with Crippen LogP contribution in [0.1, 0.15) is 56.4 Å². The molecule has 1 N–H and O–H groups in total. The summed E-state index contributed by atoms with van der Waals surface area (Å²) in [5.41, 5.74) is 1.36. The second-order valence-corrected chi connectivity index (χ2v) is 9.86. The van der Waals surface area contributed by atoms with Crippen LogP contribution in [0.15, 0.2) is 18.2 Å². The molecule has 26 heavy (non-hydrogen) atoms. The molecule has 4 saturated carbocycles. The molecule has 144 valence electrons. The molecule has 0 aromatic heterocycles. The number of carbonyl (C=O) groups is 1. The van der Waals surface area contributed by atoms with Crippen molar-refractivity contribution in [1.82, 2.24) is 5.32 Å². The summed E-state index contributed by atoms with van der Waals surface area (Å²) in [5.74, 6) is 2.82. The molecular formula is C20H26Cl3NOS. The lowest BCUT2D eigenvalue weighted by Crippen LogP contribution is -2.59. The van der Waals surface area contributed by atoms with Crippen molar-refractivity contribution >= 4 is 53.4 Å². The van der Waals surface area contributed by atoms with E-state index in [0.29, 0.717) is 22.0 Å². The molecule has 4 aliphatic carbocycles. The van der Waals surface area contributed by atoms with Gasteiger partial charge >= 0.3 is 0 Å². The summed E-state index contributed by atoms with van der Waals surface area (Å²) in [6.45, 7) is 0.802. The van der Waals surface area contributed by atoms with Gasteiger partial charge in [-0.05, 0) is 74.0 Å². The highest BCUT2D eigenvalue weighted by molar-refractivity contribution is 7.96. The second kappa shape index (κ2) is 8.21. The summed E-state index contributed by atoms with van der Waals surface area (Å²) in [6, 6.07) is 5.70. The van der Waals surface area contributed by atoms with E-state index < -0.39 is 0 Å². The Morgan fingerprint density at radius 1 is 1.12 bits per heavy atom. The fraction of sp³-hybridized carbons (Fsp3) is 0.650. The smallest absolute Gasteiger partial charge is 0.186 e. The zero-order valence-electron chi connectivity index (χ0n) is 14.7. The van der Waals surface area contributed by atoms with Gasteiger partial charge in [-0.2, -0.15) is 0 Å². The van der Waals surface area contributed by atoms with Gasteiger partial charge < -0.3 is 5.32 Å². The fourth-order valence-electron chi connectivity index (χ4n) is 5.95. The van der Waals surface area contributed by atoms with Crippen molar-refractivity contribution in [2.45, 2.75) is 56.4 Å². The van der Waals surface area contributed by atoms with Crippen molar-refractivity contribution in [3.63, 3.8) is 0 Å². The monoisotopic (exact) mass is 433 g/mol. The highest BCUT2D eigenvalue weighted by Gasteiger charge is 2.50. The summed E-state index contributed by atoms with van der Waals surface area (Å²) in [4.78, 5) is 11.7. The van der Waals surface area contributed by atoms with Crippen LogP contribution in [0.4, 0.5) is 0 Å². The van der Waals surface area contributed by atoms with Crippen LogP contribution in [0.2, 0.25) is 10.0 Å². The van der Waals surface area contributed by atoms with Crippen LogP contribution in [0.3, 0.4) is 0 Å². The van der Waals surface area contributed by atoms with Gasteiger partial charge in [0.1, 0.15) is 0 Å². The molecule has 1 atom stereocenters. The predicted molar refractivity (Wildman–Crippen MR) is 114 cm³/mol. The number of hydrogen-bond acceptors (Lipinski definition) is 2. The molecule has 1 unspecified atom stereocenters. The largest absolute Gasteiger partial charge is 0.311 e. The summed E-state index contributed by atoms with van der Waals surface area (Å²) in [6.07, 6.45) is 8.65. The van der Waals surface area contributed by atoms with E-state index in [1.54, 1.807) is 0 Å². The maximum Gasteiger partial charge on any atom is 0.186 e. The van der Waals surface area contributed by atoms with Gasteiger partial charge in [0.15, 0.2) is 5.12 Å². The first-order valence-electron chi connectivity index (χ1n) is 9.34. The van der Waals surface area contributed by atoms with Crippen molar-refractivity contribution in [1.29, 1.82) is 0 Å². The summed E-state index contributed by atoms with van der Waals surface area (Å²) >= 11 is 16.3. The van der Waals surface area contributed by atoms with Gasteiger partial charge in [-0.1, -0.05) is 29.3 Å². The van der Waals surface area contributed by atoms with Gasteiger partial charge in [-0.15, -0.1) is 25.0 Å². The average molecular weight is 435 g/mol. The molecule has 0 saturated heterocycles. The number of thiol groups is 1. The minimum absolute atomic E-state index is 0. The third-order valence-electron chi connectivity index (χ3n) is 6.60. The van der Waals surface area contributed by atoms with E-state index in [4.69, 9.17) is 23.2 Å². The summed E-state index contributed by atoms with van der Waals surface area (Å²) in [7, 11) is 0. The van der Waals surface area contributed by atoms with Crippen molar-refractivity contribution in [3.05, 3.63) is 33.8 Å². The van der Waals surface area contributed by atoms with Crippen LogP contribution in [0.5, 0.6) is 0 Å². The molecule has 1 aromatic rings. The SMILES string of the molecule is Cl.O=C(S)CC(CNC12CC3CC(CC(C3)C1)C2)c1ccc(Cl)c(Cl)c1. The highest BCUT2D eigenvalue weighted by atomic mass is 35.5. The molecule has 1 aromatic carbocycles. The van der Waals surface area contributed by atoms with Gasteiger partial charge in [0.05, 0.1) is 10.0 Å². The second-order valence-electron chi connectivity index (χ2n) is 8.55. The van der Waals surface area contributed by atoms with E-state index in [1.807, 2.05) is 18.2 Å². The van der Waals surface area contributed by atoms with Crippen molar-refractivity contribution in [2.75, 3.05) is 6.54 Å². The standard InChI is InChI=1S/C20H25Cl2NOS.ClH/c21-17-2-1-15(6-18(17)22)16(7-19(24)25)11-23-20-8-12-3-13(9-20)5-14(4-12)10-20;/h1-2,6,12-14,16,23H,3-5,7-11H2,(H,24,25);1H. The van der Waals surface area contributed by atoms with E-state index in [2.05, 4.69) is 17.9 Å². The molecule has 4 aliphatic rings. The zero-order chi connectivity index (χ0) is 17.6. The number of halogens is 3. The quantitative estimate of drug-likeness (QED) is 0.545. The predicted octanol–water partition coefficient (Wildman–Crippen LogP) is 5.90. The van der Waals surface area contributed by atoms with E-state index >= 15 is 0 Å². The first-order chi connectivity index (χ1) is 11.9. The topological polar surface area (TPSA) is 29.1 Å². The first kappa shape index (κ1) is 20.8. The Balaban J connectivity index is 0.00000196. The Morgan fingerprint density at radius 3 is 2.19 bits per heavy atom. The maximum atomic E-state index is 11.7. The highest BCUT2D eigenvalue weighted by Crippen LogP contribution is 2.55. The molecule has 5 rings (SSSR count). The van der Waals surface area contributed by atoms with Crippen molar-refractivity contribution in [3.8, 4) is 0 Å². The van der Waals surface area contributed by atoms with E-state index in [0.717, 1.165) is 29.9 Å². The van der Waals surface area contributed by atoms with E-state index in [9.17, 15) is 4.79 Å². The Morgan fingerprint density at radius 2 is 1.69 bits per heavy atom. The van der Waals surface area contributed by atoms with Crippen LogP contribution in [-0.4, -0.2) is 17.2 Å². The zero-order valence-corrected chi connectivity index (χ0v) is 17.9. The first-order valence-corrected chi connectivity index (χ1v) is 10.5. The number of hydrogen-bond donors (Lipinski definition) is 2. The lowest BCUT2D eigenvalue weighted by molar-refractivity contribution is -0.111. The third kappa shape index (κ3) is 4.38. The van der Waals surface area contributed by atoms with Gasteiger partial charge in [0, 0.05) is 24.4 Å². The maximum absolute atomic E-state index is 11.7. The van der Waals surface area contributed by atoms with Gasteiger partial charge in [-0.3, -0.25) is 4.79 Å². The molecular weight excluding hydrogens is 409 g/mol. The van der Waals surface area contributed by atoms with Crippen LogP contribution < -0.4 is 5.32 Å². The fourth-order valence-corrected chi connectivity index (χ4v) is 6.48. The van der Waals surface area contributed by atoms with Crippen LogP contribution in [-0.2, 0) is 4.79 Å². The van der Waals surface area contributed by atoms with Crippen molar-refractivity contribution in [2.24, 2.45) is 17.8 Å². The van der Waals surface area contributed by atoms with Crippen LogP contribution >= 0.6 is 48.2 Å².